The van der Waals surface area contributed by atoms with E-state index in [2.05, 4.69) is 25.9 Å². The van der Waals surface area contributed by atoms with Crippen molar-refractivity contribution in [3.63, 3.8) is 0 Å². The zero-order valence-electron chi connectivity index (χ0n) is 8.26. The first-order valence-corrected chi connectivity index (χ1v) is 5.18. The van der Waals surface area contributed by atoms with Crippen LogP contribution in [0.1, 0.15) is 21.7 Å². The molecule has 0 amide bonds. The number of carbonyl (C=O) groups is 1. The largest absolute Gasteiger partial charge is 0.475 e. The molecular weight excluding hydrogens is 260 g/mol. The Balaban J connectivity index is 2.82. The summed E-state index contributed by atoms with van der Waals surface area (Å²) in [7, 11) is 0. The minimum absolute atomic E-state index is 0.0318. The first-order valence-electron chi connectivity index (χ1n) is 4.39. The lowest BCUT2D eigenvalue weighted by molar-refractivity contribution is 0.0685. The molecule has 0 bridgehead atoms. The van der Waals surface area contributed by atoms with E-state index in [0.717, 1.165) is 21.1 Å². The molecule has 0 aliphatic carbocycles. The van der Waals surface area contributed by atoms with Crippen molar-refractivity contribution >= 4 is 32.9 Å². The molecule has 1 heterocycles. The second kappa shape index (κ2) is 3.34. The van der Waals surface area contributed by atoms with Gasteiger partial charge in [0.2, 0.25) is 5.82 Å². The summed E-state index contributed by atoms with van der Waals surface area (Å²) in [4.78, 5) is 17.5. The van der Waals surface area contributed by atoms with Crippen LogP contribution < -0.4 is 0 Å². The number of halogens is 1. The molecule has 0 radical (unpaired) electrons. The summed E-state index contributed by atoms with van der Waals surface area (Å²) in [6.07, 6.45) is 0. The molecule has 0 saturated carbocycles. The maximum atomic E-state index is 10.7. The lowest BCUT2D eigenvalue weighted by Crippen LogP contribution is -1.97. The van der Waals surface area contributed by atoms with E-state index in [-0.39, 0.29) is 5.82 Å². The maximum Gasteiger partial charge on any atom is 0.371 e. The number of aromatic amines is 1. The first-order chi connectivity index (χ1) is 7.00. The molecule has 0 aliphatic heterocycles. The van der Waals surface area contributed by atoms with Crippen LogP contribution in [0.3, 0.4) is 0 Å². The highest BCUT2D eigenvalue weighted by molar-refractivity contribution is 9.10. The fourth-order valence-corrected chi connectivity index (χ4v) is 2.05. The van der Waals surface area contributed by atoms with Crippen molar-refractivity contribution in [2.75, 3.05) is 0 Å². The molecule has 4 nitrogen and oxygen atoms in total. The molecule has 0 saturated heterocycles. The van der Waals surface area contributed by atoms with Gasteiger partial charge in [-0.15, -0.1) is 0 Å². The molecular formula is C10H9BrN2O2. The average Bonchev–Trinajstić information content (AvgIpc) is 2.58. The van der Waals surface area contributed by atoms with Crippen LogP contribution in [-0.2, 0) is 0 Å². The molecule has 78 valence electrons. The second-order valence-electron chi connectivity index (χ2n) is 3.42. The third kappa shape index (κ3) is 1.52. The summed E-state index contributed by atoms with van der Waals surface area (Å²) >= 11 is 3.42. The van der Waals surface area contributed by atoms with E-state index in [0.29, 0.717) is 5.52 Å². The Morgan fingerprint density at radius 1 is 1.53 bits per heavy atom. The molecule has 1 aromatic heterocycles. The molecule has 0 unspecified atom stereocenters. The minimum atomic E-state index is -1.05. The van der Waals surface area contributed by atoms with E-state index in [1.54, 1.807) is 0 Å². The lowest BCUT2D eigenvalue weighted by atomic mass is 10.1. The molecule has 1 aromatic carbocycles. The molecule has 2 aromatic rings. The van der Waals surface area contributed by atoms with Crippen LogP contribution in [-0.4, -0.2) is 21.0 Å². The molecule has 2 rings (SSSR count). The number of aromatic carboxylic acids is 1. The van der Waals surface area contributed by atoms with Crippen molar-refractivity contribution in [3.05, 3.63) is 27.5 Å². The smallest absolute Gasteiger partial charge is 0.371 e. The highest BCUT2D eigenvalue weighted by Crippen LogP contribution is 2.28. The summed E-state index contributed by atoms with van der Waals surface area (Å²) < 4.78 is 0.848. The fourth-order valence-electron chi connectivity index (χ4n) is 1.44. The number of hydrogen-bond donors (Lipinski definition) is 2. The van der Waals surface area contributed by atoms with Crippen LogP contribution in [0.5, 0.6) is 0 Å². The number of aryl methyl sites for hydroxylation is 1. The van der Waals surface area contributed by atoms with E-state index < -0.39 is 5.97 Å². The van der Waals surface area contributed by atoms with Crippen LogP contribution >= 0.6 is 15.9 Å². The Morgan fingerprint density at radius 2 is 2.20 bits per heavy atom. The topological polar surface area (TPSA) is 66.0 Å². The molecule has 0 fully saturated rings. The predicted octanol–water partition coefficient (Wildman–Crippen LogP) is 2.64. The maximum absolute atomic E-state index is 10.7. The summed E-state index contributed by atoms with van der Waals surface area (Å²) in [5.41, 5.74) is 3.57. The van der Waals surface area contributed by atoms with Gasteiger partial charge in [-0.2, -0.15) is 0 Å². The number of hydrogen-bond acceptors (Lipinski definition) is 2. The Hall–Kier alpha value is -1.36. The number of carboxylic acid groups (broad SMARTS) is 1. The zero-order valence-corrected chi connectivity index (χ0v) is 9.84. The van der Waals surface area contributed by atoms with Crippen molar-refractivity contribution < 1.29 is 9.90 Å². The zero-order chi connectivity index (χ0) is 11.2. The number of carboxylic acids is 1. The Morgan fingerprint density at radius 3 is 2.80 bits per heavy atom. The van der Waals surface area contributed by atoms with Crippen LogP contribution in [0.4, 0.5) is 0 Å². The van der Waals surface area contributed by atoms with E-state index >= 15 is 0 Å². The van der Waals surface area contributed by atoms with Crippen molar-refractivity contribution in [1.82, 2.24) is 9.97 Å². The monoisotopic (exact) mass is 268 g/mol. The van der Waals surface area contributed by atoms with Crippen LogP contribution in [0.25, 0.3) is 11.0 Å². The van der Waals surface area contributed by atoms with Crippen LogP contribution in [0.2, 0.25) is 0 Å². The number of fused-ring (bicyclic) bond motifs is 1. The standard InChI is InChI=1S/C10H9BrN2O2/c1-4-3-6-8(7(11)5(4)2)13-9(12-6)10(14)15/h3H,1-2H3,(H,12,13)(H,14,15). The van der Waals surface area contributed by atoms with Gasteiger partial charge in [0.25, 0.3) is 0 Å². The summed E-state index contributed by atoms with van der Waals surface area (Å²) in [5.74, 6) is -1.08. The fraction of sp³-hybridized carbons (Fsp3) is 0.200. The van der Waals surface area contributed by atoms with Crippen molar-refractivity contribution in [2.24, 2.45) is 0 Å². The van der Waals surface area contributed by atoms with Crippen molar-refractivity contribution in [1.29, 1.82) is 0 Å². The van der Waals surface area contributed by atoms with Gasteiger partial charge in [-0.25, -0.2) is 9.78 Å². The van der Waals surface area contributed by atoms with Gasteiger partial charge in [0.05, 0.1) is 5.52 Å². The normalized spacial score (nSPS) is 10.9. The van der Waals surface area contributed by atoms with Gasteiger partial charge < -0.3 is 10.1 Å². The van der Waals surface area contributed by atoms with E-state index in [4.69, 9.17) is 5.11 Å². The quantitative estimate of drug-likeness (QED) is 0.836. The molecule has 0 aliphatic rings. The van der Waals surface area contributed by atoms with Gasteiger partial charge in [-0.1, -0.05) is 0 Å². The van der Waals surface area contributed by atoms with Gasteiger partial charge in [0.1, 0.15) is 5.52 Å². The van der Waals surface area contributed by atoms with Gasteiger partial charge in [0.15, 0.2) is 0 Å². The third-order valence-electron chi connectivity index (χ3n) is 2.42. The summed E-state index contributed by atoms with van der Waals surface area (Å²) in [5, 5.41) is 8.81. The van der Waals surface area contributed by atoms with E-state index in [9.17, 15) is 4.79 Å². The molecule has 0 atom stereocenters. The van der Waals surface area contributed by atoms with Gasteiger partial charge in [-0.3, -0.25) is 0 Å². The number of nitrogens with zero attached hydrogens (tertiary/aromatic N) is 1. The SMILES string of the molecule is Cc1cc2[nH]c(C(=O)O)nc2c(Br)c1C. The Kier molecular flexibility index (Phi) is 2.26. The van der Waals surface area contributed by atoms with Crippen molar-refractivity contribution in [2.45, 2.75) is 13.8 Å². The van der Waals surface area contributed by atoms with Crippen LogP contribution in [0.15, 0.2) is 10.5 Å². The van der Waals surface area contributed by atoms with E-state index in [1.807, 2.05) is 19.9 Å². The number of rotatable bonds is 1. The highest BCUT2D eigenvalue weighted by atomic mass is 79.9. The van der Waals surface area contributed by atoms with Gasteiger partial charge in [-0.05, 0) is 47.0 Å². The lowest BCUT2D eigenvalue weighted by Gasteiger charge is -2.02. The summed E-state index contributed by atoms with van der Waals surface area (Å²) in [6, 6.07) is 1.90. The van der Waals surface area contributed by atoms with Gasteiger partial charge in [0, 0.05) is 4.47 Å². The molecule has 15 heavy (non-hydrogen) atoms. The highest BCUT2D eigenvalue weighted by Gasteiger charge is 2.13. The molecule has 2 N–H and O–H groups in total. The van der Waals surface area contributed by atoms with Crippen LogP contribution in [0, 0.1) is 13.8 Å². The predicted molar refractivity (Wildman–Crippen MR) is 60.2 cm³/mol. The third-order valence-corrected chi connectivity index (χ3v) is 3.39. The second-order valence-corrected chi connectivity index (χ2v) is 4.21. The van der Waals surface area contributed by atoms with E-state index in [1.165, 1.54) is 0 Å². The number of imidazole rings is 1. The van der Waals surface area contributed by atoms with Gasteiger partial charge >= 0.3 is 5.97 Å². The number of H-pyrrole nitrogens is 1. The Bertz CT molecular complexity index is 560. The molecule has 0 spiro atoms. The summed E-state index contributed by atoms with van der Waals surface area (Å²) in [6.45, 7) is 3.94. The Labute approximate surface area is 94.5 Å². The number of aromatic nitrogens is 2. The number of nitrogens with one attached hydrogen (secondary N) is 1. The molecule has 5 heteroatoms. The number of benzene rings is 1. The first kappa shape index (κ1) is 10.2. The van der Waals surface area contributed by atoms with Crippen molar-refractivity contribution in [3.8, 4) is 0 Å². The minimum Gasteiger partial charge on any atom is -0.475 e. The average molecular weight is 269 g/mol.